The topological polar surface area (TPSA) is 70.7 Å². The molecular formula is C21H18ClF3N6O. The number of halogens is 4. The quantitative estimate of drug-likeness (QED) is 0.416. The maximum Gasteiger partial charge on any atom is 0.387 e. The van der Waals surface area contributed by atoms with E-state index in [9.17, 15) is 13.2 Å². The molecule has 0 saturated carbocycles. The summed E-state index contributed by atoms with van der Waals surface area (Å²) in [5.41, 5.74) is 2.94. The fraction of sp³-hybridized carbons (Fsp3) is 0.238. The van der Waals surface area contributed by atoms with Crippen LogP contribution in [0.4, 0.5) is 13.2 Å². The first-order chi connectivity index (χ1) is 15.2. The van der Waals surface area contributed by atoms with Crippen LogP contribution in [0, 0.1) is 19.7 Å². The van der Waals surface area contributed by atoms with E-state index in [1.807, 2.05) is 6.92 Å². The summed E-state index contributed by atoms with van der Waals surface area (Å²) in [6.45, 7) is 0.536. The molecule has 0 amide bonds. The molecule has 0 fully saturated rings. The summed E-state index contributed by atoms with van der Waals surface area (Å²) in [4.78, 5) is 8.47. The number of alkyl halides is 2. The summed E-state index contributed by atoms with van der Waals surface area (Å²) in [6.07, 6.45) is 1.45. The van der Waals surface area contributed by atoms with Gasteiger partial charge in [0.2, 0.25) is 0 Å². The van der Waals surface area contributed by atoms with E-state index in [1.54, 1.807) is 24.7 Å². The van der Waals surface area contributed by atoms with Crippen molar-refractivity contribution < 1.29 is 17.9 Å². The Balaban J connectivity index is 1.74. The molecule has 0 unspecified atom stereocenters. The molecular weight excluding hydrogens is 445 g/mol. The van der Waals surface area contributed by atoms with Crippen LogP contribution in [0.25, 0.3) is 17.1 Å². The van der Waals surface area contributed by atoms with Crippen LogP contribution in [0.3, 0.4) is 0 Å². The molecule has 166 valence electrons. The highest BCUT2D eigenvalue weighted by Gasteiger charge is 2.23. The normalized spacial score (nSPS) is 11.4. The number of hydrogen-bond donors (Lipinski definition) is 0. The Kier molecular flexibility index (Phi) is 5.88. The molecule has 0 radical (unpaired) electrons. The van der Waals surface area contributed by atoms with Crippen LogP contribution in [0.5, 0.6) is 5.75 Å². The molecule has 0 atom stereocenters. The molecule has 0 spiro atoms. The van der Waals surface area contributed by atoms with Gasteiger partial charge < -0.3 is 4.74 Å². The van der Waals surface area contributed by atoms with E-state index in [0.717, 1.165) is 0 Å². The van der Waals surface area contributed by atoms with E-state index in [-0.39, 0.29) is 17.9 Å². The molecule has 32 heavy (non-hydrogen) atoms. The zero-order valence-electron chi connectivity index (χ0n) is 17.4. The van der Waals surface area contributed by atoms with Gasteiger partial charge >= 0.3 is 6.61 Å². The second-order valence-electron chi connectivity index (χ2n) is 7.07. The van der Waals surface area contributed by atoms with Gasteiger partial charge in [0.1, 0.15) is 23.5 Å². The Bertz CT molecular complexity index is 1270. The molecule has 0 saturated heterocycles. The number of aryl methyl sites for hydroxylation is 2. The molecule has 0 aliphatic rings. The summed E-state index contributed by atoms with van der Waals surface area (Å²) < 4.78 is 47.6. The van der Waals surface area contributed by atoms with Crippen LogP contribution in [0.1, 0.15) is 22.8 Å². The zero-order chi connectivity index (χ0) is 23.0. The fourth-order valence-corrected chi connectivity index (χ4v) is 3.55. The molecule has 3 heterocycles. The highest BCUT2D eigenvalue weighted by Crippen LogP contribution is 2.35. The fourth-order valence-electron chi connectivity index (χ4n) is 3.43. The minimum Gasteiger partial charge on any atom is -0.430 e. The zero-order valence-corrected chi connectivity index (χ0v) is 18.1. The maximum atomic E-state index is 13.3. The Morgan fingerprint density at radius 1 is 1.09 bits per heavy atom. The van der Waals surface area contributed by atoms with Gasteiger partial charge in [0.15, 0.2) is 11.6 Å². The summed E-state index contributed by atoms with van der Waals surface area (Å²) in [5, 5.41) is 9.26. The third kappa shape index (κ3) is 4.18. The first kappa shape index (κ1) is 21.8. The smallest absolute Gasteiger partial charge is 0.387 e. The van der Waals surface area contributed by atoms with Gasteiger partial charge in [-0.2, -0.15) is 19.0 Å². The van der Waals surface area contributed by atoms with Gasteiger partial charge in [0, 0.05) is 25.1 Å². The number of nitrogens with zero attached hydrogens (tertiary/aromatic N) is 6. The molecule has 0 N–H and O–H groups in total. The summed E-state index contributed by atoms with van der Waals surface area (Å²) >= 11 is 6.22. The largest absolute Gasteiger partial charge is 0.430 e. The van der Waals surface area contributed by atoms with Crippen molar-refractivity contribution in [3.63, 3.8) is 0 Å². The van der Waals surface area contributed by atoms with E-state index in [1.165, 1.54) is 35.3 Å². The lowest BCUT2D eigenvalue weighted by atomic mass is 10.1. The lowest BCUT2D eigenvalue weighted by Crippen LogP contribution is -2.07. The minimum atomic E-state index is -3.06. The van der Waals surface area contributed by atoms with E-state index in [0.29, 0.717) is 39.2 Å². The first-order valence-electron chi connectivity index (χ1n) is 9.54. The number of benzene rings is 1. The van der Waals surface area contributed by atoms with Crippen molar-refractivity contribution in [3.8, 4) is 22.8 Å². The van der Waals surface area contributed by atoms with Crippen molar-refractivity contribution >= 4 is 11.6 Å². The number of hydrogen-bond acceptors (Lipinski definition) is 5. The van der Waals surface area contributed by atoms with E-state index in [4.69, 9.17) is 16.3 Å². The van der Waals surface area contributed by atoms with Crippen LogP contribution in [0.15, 0.2) is 36.7 Å². The predicted octanol–water partition coefficient (Wildman–Crippen LogP) is 4.66. The SMILES string of the molecule is Cc1nn(-c2cc(Cc3nn(C)c(-c4ccc(F)cc4)c3OC(F)F)ncn2)c(C)c1Cl. The minimum absolute atomic E-state index is 0.0940. The predicted molar refractivity (Wildman–Crippen MR) is 112 cm³/mol. The van der Waals surface area contributed by atoms with Gasteiger partial charge in [-0.25, -0.2) is 19.0 Å². The molecule has 7 nitrogen and oxygen atoms in total. The first-order valence-corrected chi connectivity index (χ1v) is 9.92. The number of aromatic nitrogens is 6. The highest BCUT2D eigenvalue weighted by atomic mass is 35.5. The van der Waals surface area contributed by atoms with Crippen molar-refractivity contribution in [2.45, 2.75) is 26.9 Å². The monoisotopic (exact) mass is 462 g/mol. The molecule has 1 aromatic carbocycles. The Labute approximate surface area is 186 Å². The third-order valence-corrected chi connectivity index (χ3v) is 5.42. The third-order valence-electron chi connectivity index (χ3n) is 4.87. The average molecular weight is 463 g/mol. The van der Waals surface area contributed by atoms with E-state index >= 15 is 0 Å². The molecule has 11 heteroatoms. The second-order valence-corrected chi connectivity index (χ2v) is 7.45. The van der Waals surface area contributed by atoms with Crippen LogP contribution in [-0.2, 0) is 13.5 Å². The van der Waals surface area contributed by atoms with Gasteiger partial charge in [-0.15, -0.1) is 0 Å². The van der Waals surface area contributed by atoms with Crippen LogP contribution >= 0.6 is 11.6 Å². The van der Waals surface area contributed by atoms with Crippen molar-refractivity contribution in [2.24, 2.45) is 7.05 Å². The molecule has 0 aliphatic heterocycles. The molecule has 0 bridgehead atoms. The maximum absolute atomic E-state index is 13.3. The van der Waals surface area contributed by atoms with Gasteiger partial charge in [-0.05, 0) is 38.1 Å². The average Bonchev–Trinajstić information content (AvgIpc) is 3.19. The molecule has 4 rings (SSSR count). The van der Waals surface area contributed by atoms with Crippen molar-refractivity contribution in [3.05, 3.63) is 70.3 Å². The summed E-state index contributed by atoms with van der Waals surface area (Å²) in [7, 11) is 1.60. The van der Waals surface area contributed by atoms with Gasteiger partial charge in [0.25, 0.3) is 0 Å². The summed E-state index contributed by atoms with van der Waals surface area (Å²) in [5.74, 6) is -0.0535. The Morgan fingerprint density at radius 2 is 1.81 bits per heavy atom. The van der Waals surface area contributed by atoms with E-state index < -0.39 is 12.4 Å². The second kappa shape index (κ2) is 8.62. The number of ether oxygens (including phenoxy) is 1. The molecule has 3 aromatic heterocycles. The van der Waals surface area contributed by atoms with E-state index in [2.05, 4.69) is 20.2 Å². The van der Waals surface area contributed by atoms with Crippen molar-refractivity contribution in [1.29, 1.82) is 0 Å². The highest BCUT2D eigenvalue weighted by molar-refractivity contribution is 6.31. The van der Waals surface area contributed by atoms with Crippen molar-refractivity contribution in [1.82, 2.24) is 29.5 Å². The van der Waals surface area contributed by atoms with Crippen LogP contribution in [0.2, 0.25) is 5.02 Å². The Morgan fingerprint density at radius 3 is 2.44 bits per heavy atom. The number of rotatable bonds is 6. The summed E-state index contributed by atoms with van der Waals surface area (Å²) in [6, 6.07) is 7.11. The standard InChI is InChI=1S/C21H18ClF3N6O/c1-11-18(22)12(2)31(28-11)17-9-15(26-10-27-17)8-16-20(32-21(24)25)19(30(3)29-16)13-4-6-14(23)7-5-13/h4-7,9-10,21H,8H2,1-3H3. The van der Waals surface area contributed by atoms with Gasteiger partial charge in [-0.3, -0.25) is 4.68 Å². The van der Waals surface area contributed by atoms with Gasteiger partial charge in [0.05, 0.1) is 22.1 Å². The van der Waals surface area contributed by atoms with Gasteiger partial charge in [-0.1, -0.05) is 11.6 Å². The van der Waals surface area contributed by atoms with Crippen LogP contribution in [-0.4, -0.2) is 36.1 Å². The lowest BCUT2D eigenvalue weighted by molar-refractivity contribution is -0.0500. The molecule has 4 aromatic rings. The molecule has 0 aliphatic carbocycles. The lowest BCUT2D eigenvalue weighted by Gasteiger charge is -2.09. The van der Waals surface area contributed by atoms with Crippen LogP contribution < -0.4 is 4.74 Å². The Hall–Kier alpha value is -3.40. The van der Waals surface area contributed by atoms with Crippen molar-refractivity contribution in [2.75, 3.05) is 0 Å².